The molecule has 2 heterocycles. The van der Waals surface area contributed by atoms with E-state index in [-0.39, 0.29) is 22.8 Å². The number of benzene rings is 2. The van der Waals surface area contributed by atoms with Gasteiger partial charge < -0.3 is 4.90 Å². The van der Waals surface area contributed by atoms with Crippen molar-refractivity contribution in [1.82, 2.24) is 4.98 Å². The van der Waals surface area contributed by atoms with Crippen molar-refractivity contribution >= 4 is 27.2 Å². The lowest BCUT2D eigenvalue weighted by Crippen LogP contribution is -2.30. The maximum atomic E-state index is 13.4. The zero-order chi connectivity index (χ0) is 26.5. The predicted octanol–water partition coefficient (Wildman–Crippen LogP) is 5.64. The van der Waals surface area contributed by atoms with Crippen LogP contribution in [0.15, 0.2) is 71.9 Å². The lowest BCUT2D eigenvalue weighted by molar-refractivity contribution is -0.137. The molecule has 196 valence electrons. The minimum absolute atomic E-state index is 0.00715. The maximum absolute atomic E-state index is 13.4. The highest BCUT2D eigenvalue weighted by Crippen LogP contribution is 2.37. The normalized spacial score (nSPS) is 14.4. The summed E-state index contributed by atoms with van der Waals surface area (Å²) >= 11 is 0. The second kappa shape index (κ2) is 11.3. The third-order valence-corrected chi connectivity index (χ3v) is 7.70. The Hall–Kier alpha value is -3.40. The van der Waals surface area contributed by atoms with E-state index < -0.39 is 21.8 Å². The highest BCUT2D eigenvalue weighted by Gasteiger charge is 2.32. The van der Waals surface area contributed by atoms with Crippen LogP contribution >= 0.6 is 0 Å². The summed E-state index contributed by atoms with van der Waals surface area (Å²) in [6.45, 7) is 1.28. The molecule has 0 amide bonds. The number of nitrogens with one attached hydrogen (secondary N) is 1. The van der Waals surface area contributed by atoms with E-state index in [4.69, 9.17) is 0 Å². The van der Waals surface area contributed by atoms with Crippen molar-refractivity contribution < 1.29 is 26.4 Å². The second-order valence-electron chi connectivity index (χ2n) is 9.10. The third kappa shape index (κ3) is 7.09. The van der Waals surface area contributed by atoms with Crippen LogP contribution in [0.4, 0.5) is 24.5 Å². The summed E-state index contributed by atoms with van der Waals surface area (Å²) < 4.78 is 68.7. The number of rotatable bonds is 9. The molecule has 1 N–H and O–H groups in total. The van der Waals surface area contributed by atoms with Crippen LogP contribution in [0.1, 0.15) is 42.4 Å². The lowest BCUT2D eigenvalue weighted by Gasteiger charge is -2.31. The van der Waals surface area contributed by atoms with E-state index in [0.29, 0.717) is 37.2 Å². The smallest absolute Gasteiger partial charge is 0.370 e. The summed E-state index contributed by atoms with van der Waals surface area (Å²) in [5, 5.41) is 0. The number of carbonyl (C=O) groups is 1. The van der Waals surface area contributed by atoms with Gasteiger partial charge in [0.1, 0.15) is 5.78 Å². The van der Waals surface area contributed by atoms with Gasteiger partial charge in [-0.2, -0.15) is 13.2 Å². The number of hydrogen-bond acceptors (Lipinski definition) is 5. The predicted molar refractivity (Wildman–Crippen MR) is 136 cm³/mol. The van der Waals surface area contributed by atoms with E-state index in [9.17, 15) is 26.4 Å². The Bertz CT molecular complexity index is 1320. The van der Waals surface area contributed by atoms with Crippen LogP contribution in [0.25, 0.3) is 0 Å². The largest absolute Gasteiger partial charge is 0.416 e. The van der Waals surface area contributed by atoms with Crippen LogP contribution in [0.5, 0.6) is 0 Å². The van der Waals surface area contributed by atoms with Crippen LogP contribution in [0.3, 0.4) is 0 Å². The molecule has 0 atom stereocenters. The van der Waals surface area contributed by atoms with Crippen molar-refractivity contribution in [2.45, 2.75) is 49.6 Å². The monoisotopic (exact) mass is 531 g/mol. The fourth-order valence-electron chi connectivity index (χ4n) is 4.34. The van der Waals surface area contributed by atoms with Crippen molar-refractivity contribution in [3.05, 3.63) is 83.7 Å². The van der Waals surface area contributed by atoms with Crippen LogP contribution in [0.2, 0.25) is 0 Å². The van der Waals surface area contributed by atoms with Crippen LogP contribution < -0.4 is 9.62 Å². The first-order valence-corrected chi connectivity index (χ1v) is 13.6. The maximum Gasteiger partial charge on any atom is 0.416 e. The van der Waals surface area contributed by atoms with E-state index >= 15 is 0 Å². The molecule has 0 spiro atoms. The Kier molecular flexibility index (Phi) is 8.16. The first-order valence-electron chi connectivity index (χ1n) is 12.1. The molecule has 1 aromatic heterocycles. The number of aromatic nitrogens is 1. The molecular weight excluding hydrogens is 503 g/mol. The van der Waals surface area contributed by atoms with E-state index in [1.54, 1.807) is 24.5 Å². The summed E-state index contributed by atoms with van der Waals surface area (Å²) in [5.74, 6) is 0.00715. The van der Waals surface area contributed by atoms with Gasteiger partial charge >= 0.3 is 6.18 Å². The molecule has 37 heavy (non-hydrogen) atoms. The minimum atomic E-state index is -4.61. The summed E-state index contributed by atoms with van der Waals surface area (Å²) in [5.41, 5.74) is 1.01. The molecule has 6 nitrogen and oxygen atoms in total. The number of pyridine rings is 1. The number of nitrogens with zero attached hydrogens (tertiary/aromatic N) is 2. The number of carbonyl (C=O) groups excluding carboxylic acids is 1. The molecule has 1 saturated heterocycles. The van der Waals surface area contributed by atoms with Gasteiger partial charge in [-0.3, -0.25) is 14.5 Å². The van der Waals surface area contributed by atoms with Crippen molar-refractivity contribution in [1.29, 1.82) is 0 Å². The number of alkyl halides is 3. The van der Waals surface area contributed by atoms with Crippen molar-refractivity contribution in [2.75, 3.05) is 22.7 Å². The fraction of sp³-hybridized carbons (Fsp3) is 0.333. The number of Topliss-reactive ketones (excluding diaryl/α,β-unsaturated/α-hetero) is 1. The molecule has 0 bridgehead atoms. The Balaban J connectivity index is 1.48. The topological polar surface area (TPSA) is 79.4 Å². The second-order valence-corrected chi connectivity index (χ2v) is 10.8. The number of piperidine rings is 1. The van der Waals surface area contributed by atoms with Crippen molar-refractivity contribution in [3.8, 4) is 0 Å². The van der Waals surface area contributed by atoms with E-state index in [2.05, 4.69) is 9.71 Å². The SMILES string of the molecule is O=C(CCc1cccnc1)Cc1ccc(S(=O)(=O)Nc2cc(C(F)(F)F)ccc2N2CCCCC2)cc1. The fourth-order valence-corrected chi connectivity index (χ4v) is 5.41. The molecule has 1 fully saturated rings. The molecule has 1 aliphatic rings. The standard InChI is InChI=1S/C27H28F3N3O3S/c28-27(29,30)22-9-13-26(33-15-2-1-3-16-33)25(18-22)32-37(35,36)24-11-7-20(8-12-24)17-23(34)10-6-21-5-4-14-31-19-21/h4-5,7-9,11-14,18-19,32H,1-3,6,10,15-17H2. The zero-order valence-corrected chi connectivity index (χ0v) is 21.0. The van der Waals surface area contributed by atoms with Crippen LogP contribution in [0, 0.1) is 0 Å². The molecule has 0 radical (unpaired) electrons. The van der Waals surface area contributed by atoms with Gasteiger partial charge in [-0.05, 0) is 73.2 Å². The van der Waals surface area contributed by atoms with Gasteiger partial charge in [0.25, 0.3) is 10.0 Å². The Labute approximate surface area is 214 Å². The molecule has 1 aliphatic heterocycles. The lowest BCUT2D eigenvalue weighted by atomic mass is 10.0. The van der Waals surface area contributed by atoms with Gasteiger partial charge in [0.15, 0.2) is 0 Å². The molecule has 0 saturated carbocycles. The Morgan fingerprint density at radius 3 is 2.35 bits per heavy atom. The molecule has 0 aliphatic carbocycles. The highest BCUT2D eigenvalue weighted by molar-refractivity contribution is 7.92. The Morgan fingerprint density at radius 1 is 0.973 bits per heavy atom. The van der Waals surface area contributed by atoms with E-state index in [0.717, 1.165) is 37.0 Å². The van der Waals surface area contributed by atoms with Gasteiger partial charge in [0, 0.05) is 38.3 Å². The average molecular weight is 532 g/mol. The van der Waals surface area contributed by atoms with Gasteiger partial charge in [0.05, 0.1) is 21.8 Å². The van der Waals surface area contributed by atoms with Crippen molar-refractivity contribution in [3.63, 3.8) is 0 Å². The summed E-state index contributed by atoms with van der Waals surface area (Å²) in [4.78, 5) is 18.2. The first-order chi connectivity index (χ1) is 17.6. The van der Waals surface area contributed by atoms with Crippen LogP contribution in [-0.2, 0) is 33.8 Å². The number of halogens is 3. The number of sulfonamides is 1. The average Bonchev–Trinajstić information content (AvgIpc) is 2.88. The first kappa shape index (κ1) is 26.7. The molecule has 3 aromatic rings. The highest BCUT2D eigenvalue weighted by atomic mass is 32.2. The van der Waals surface area contributed by atoms with Gasteiger partial charge in [-0.1, -0.05) is 18.2 Å². The molecule has 10 heteroatoms. The number of hydrogen-bond donors (Lipinski definition) is 1. The van der Waals surface area contributed by atoms with Crippen molar-refractivity contribution in [2.24, 2.45) is 0 Å². The molecular formula is C27H28F3N3O3S. The van der Waals surface area contributed by atoms with Gasteiger partial charge in [-0.15, -0.1) is 0 Å². The molecule has 4 rings (SSSR count). The van der Waals surface area contributed by atoms with Crippen LogP contribution in [-0.4, -0.2) is 32.3 Å². The van der Waals surface area contributed by atoms with Gasteiger partial charge in [-0.25, -0.2) is 8.42 Å². The summed E-state index contributed by atoms with van der Waals surface area (Å²) in [6.07, 6.45) is 2.62. The molecule has 0 unspecified atom stereocenters. The minimum Gasteiger partial charge on any atom is -0.370 e. The number of aryl methyl sites for hydroxylation is 1. The number of anilines is 2. The third-order valence-electron chi connectivity index (χ3n) is 6.32. The summed E-state index contributed by atoms with van der Waals surface area (Å²) in [6, 6.07) is 12.7. The Morgan fingerprint density at radius 2 is 1.70 bits per heavy atom. The zero-order valence-electron chi connectivity index (χ0n) is 20.2. The molecule has 2 aromatic carbocycles. The van der Waals surface area contributed by atoms with E-state index in [1.165, 1.54) is 18.2 Å². The van der Waals surface area contributed by atoms with E-state index in [1.807, 2.05) is 17.0 Å². The number of ketones is 1. The summed E-state index contributed by atoms with van der Waals surface area (Å²) in [7, 11) is -4.16. The van der Waals surface area contributed by atoms with Gasteiger partial charge in [0.2, 0.25) is 0 Å². The quantitative estimate of drug-likeness (QED) is 0.387.